The zero-order valence-corrected chi connectivity index (χ0v) is 32.5. The van der Waals surface area contributed by atoms with Crippen LogP contribution in [0.3, 0.4) is 0 Å². The van der Waals surface area contributed by atoms with Crippen molar-refractivity contribution in [2.75, 3.05) is 5.73 Å². The Morgan fingerprint density at radius 2 is 1.05 bits per heavy atom. The van der Waals surface area contributed by atoms with Gasteiger partial charge in [0.2, 0.25) is 0 Å². The molecular formula is C32H22N8O16S4. The number of hydrogen-bond acceptors (Lipinski definition) is 19. The lowest BCUT2D eigenvalue weighted by Crippen LogP contribution is -2.01. The SMILES string of the molecule is Nc1c(N=Nc2ccc3c(O)c(N=Nc4ccc(S(=O)(=O)O)cc4)c(S(=O)(=O)O)cc3c2)c(S(=O)(=O)O)cc2ccc(N=Nc3ccc([N+](=O)[O-])cc3S(=O)(=O)O)c(O)c12. The molecule has 0 aromatic heterocycles. The summed E-state index contributed by atoms with van der Waals surface area (Å²) in [6.45, 7) is 0. The number of hydrogen-bond donors (Lipinski definition) is 7. The van der Waals surface area contributed by atoms with Crippen LogP contribution in [0.2, 0.25) is 0 Å². The van der Waals surface area contributed by atoms with Gasteiger partial charge in [-0.15, -0.1) is 20.5 Å². The lowest BCUT2D eigenvalue weighted by molar-refractivity contribution is -0.385. The number of fused-ring (bicyclic) bond motifs is 2. The van der Waals surface area contributed by atoms with E-state index in [1.54, 1.807) is 0 Å². The molecule has 24 nitrogen and oxygen atoms in total. The van der Waals surface area contributed by atoms with Gasteiger partial charge in [-0.25, -0.2) is 0 Å². The Labute approximate surface area is 335 Å². The summed E-state index contributed by atoms with van der Waals surface area (Å²) >= 11 is 0. The fourth-order valence-corrected chi connectivity index (χ4v) is 7.90. The molecule has 0 aliphatic rings. The van der Waals surface area contributed by atoms with Gasteiger partial charge in [-0.2, -0.15) is 43.9 Å². The van der Waals surface area contributed by atoms with Crippen LogP contribution >= 0.6 is 0 Å². The zero-order chi connectivity index (χ0) is 44.1. The molecule has 6 aromatic rings. The summed E-state index contributed by atoms with van der Waals surface area (Å²) < 4.78 is 135. The van der Waals surface area contributed by atoms with Gasteiger partial charge >= 0.3 is 0 Å². The minimum Gasteiger partial charge on any atom is -0.505 e. The lowest BCUT2D eigenvalue weighted by atomic mass is 10.1. The van der Waals surface area contributed by atoms with Crippen LogP contribution in [0.4, 0.5) is 45.5 Å². The highest BCUT2D eigenvalue weighted by Crippen LogP contribution is 2.47. The molecule has 0 unspecified atom stereocenters. The first-order chi connectivity index (χ1) is 27.8. The van der Waals surface area contributed by atoms with Gasteiger partial charge in [0.1, 0.15) is 37.4 Å². The van der Waals surface area contributed by atoms with Gasteiger partial charge in [-0.05, 0) is 77.5 Å². The molecule has 0 bridgehead atoms. The second-order valence-electron chi connectivity index (χ2n) is 12.0. The number of nitrogens with zero attached hydrogens (tertiary/aromatic N) is 7. The first-order valence-electron chi connectivity index (χ1n) is 15.8. The van der Waals surface area contributed by atoms with Crippen molar-refractivity contribution in [1.82, 2.24) is 0 Å². The summed E-state index contributed by atoms with van der Waals surface area (Å²) in [5.41, 5.74) is 2.25. The summed E-state index contributed by atoms with van der Waals surface area (Å²) in [4.78, 5) is 6.88. The molecule has 28 heteroatoms. The maximum atomic E-state index is 12.5. The molecule has 0 saturated heterocycles. The van der Waals surface area contributed by atoms with Gasteiger partial charge in [0.25, 0.3) is 46.2 Å². The highest BCUT2D eigenvalue weighted by molar-refractivity contribution is 7.86. The number of azo groups is 3. The average Bonchev–Trinajstić information content (AvgIpc) is 3.15. The minimum absolute atomic E-state index is 0.0541. The number of nitrogen functional groups attached to an aromatic ring is 1. The van der Waals surface area contributed by atoms with E-state index in [9.17, 15) is 67.7 Å². The van der Waals surface area contributed by atoms with Crippen molar-refractivity contribution < 1.29 is 67.0 Å². The highest BCUT2D eigenvalue weighted by Gasteiger charge is 2.26. The summed E-state index contributed by atoms with van der Waals surface area (Å²) in [6.07, 6.45) is 0. The predicted octanol–water partition coefficient (Wildman–Crippen LogP) is 7.13. The van der Waals surface area contributed by atoms with Gasteiger partial charge in [0, 0.05) is 17.5 Å². The van der Waals surface area contributed by atoms with Crippen LogP contribution in [0, 0.1) is 10.1 Å². The van der Waals surface area contributed by atoms with Crippen molar-refractivity contribution in [3.05, 3.63) is 95.0 Å². The van der Waals surface area contributed by atoms with E-state index in [0.29, 0.717) is 6.07 Å². The molecule has 0 fully saturated rings. The molecule has 6 rings (SSSR count). The number of nitrogens with two attached hydrogens (primary N) is 1. The summed E-state index contributed by atoms with van der Waals surface area (Å²) in [5, 5.41) is 55.3. The first kappa shape index (κ1) is 42.7. The molecule has 8 N–H and O–H groups in total. The molecule has 0 saturated carbocycles. The Bertz CT molecular complexity index is 3380. The van der Waals surface area contributed by atoms with Crippen LogP contribution in [0.25, 0.3) is 21.5 Å². The number of nitro groups is 1. The Morgan fingerprint density at radius 1 is 0.517 bits per heavy atom. The number of nitro benzene ring substituents is 1. The topological polar surface area (TPSA) is 401 Å². The van der Waals surface area contributed by atoms with Crippen molar-refractivity contribution in [3.63, 3.8) is 0 Å². The van der Waals surface area contributed by atoms with Crippen LogP contribution in [0.1, 0.15) is 0 Å². The van der Waals surface area contributed by atoms with E-state index in [0.717, 1.165) is 60.7 Å². The number of non-ortho nitro benzene ring substituents is 1. The second kappa shape index (κ2) is 15.4. The van der Waals surface area contributed by atoms with Crippen molar-refractivity contribution in [2.24, 2.45) is 30.7 Å². The Kier molecular flexibility index (Phi) is 10.9. The largest absolute Gasteiger partial charge is 0.505 e. The van der Waals surface area contributed by atoms with Crippen LogP contribution in [-0.4, -0.2) is 67.0 Å². The number of rotatable bonds is 11. The number of phenolic OH excluding ortho intramolecular Hbond substituents is 2. The van der Waals surface area contributed by atoms with Crippen molar-refractivity contribution in [2.45, 2.75) is 19.6 Å². The maximum absolute atomic E-state index is 12.5. The van der Waals surface area contributed by atoms with Crippen molar-refractivity contribution >= 4 is 108 Å². The van der Waals surface area contributed by atoms with Gasteiger partial charge in [0.15, 0.2) is 11.5 Å². The van der Waals surface area contributed by atoms with E-state index in [4.69, 9.17) is 10.3 Å². The Hall–Kier alpha value is -6.92. The quantitative estimate of drug-likeness (QED) is 0.0223. The van der Waals surface area contributed by atoms with Crippen LogP contribution in [0.15, 0.2) is 135 Å². The monoisotopic (exact) mass is 902 g/mol. The number of anilines is 1. The van der Waals surface area contributed by atoms with Crippen LogP contribution in [-0.2, 0) is 40.5 Å². The highest BCUT2D eigenvalue weighted by atomic mass is 32.2. The van der Waals surface area contributed by atoms with E-state index < -0.39 is 111 Å². The van der Waals surface area contributed by atoms with E-state index in [1.807, 2.05) is 0 Å². The first-order valence-corrected chi connectivity index (χ1v) is 21.5. The molecule has 0 radical (unpaired) electrons. The molecular weight excluding hydrogens is 881 g/mol. The minimum atomic E-state index is -5.13. The summed E-state index contributed by atoms with van der Waals surface area (Å²) in [6, 6.07) is 13.9. The van der Waals surface area contributed by atoms with Crippen molar-refractivity contribution in [1.29, 1.82) is 0 Å². The van der Waals surface area contributed by atoms with E-state index in [-0.39, 0.29) is 32.9 Å². The molecule has 60 heavy (non-hydrogen) atoms. The van der Waals surface area contributed by atoms with Crippen molar-refractivity contribution in [3.8, 4) is 11.5 Å². The smallest absolute Gasteiger partial charge is 0.297 e. The third-order valence-electron chi connectivity index (χ3n) is 8.19. The lowest BCUT2D eigenvalue weighted by Gasteiger charge is -2.12. The molecule has 0 atom stereocenters. The van der Waals surface area contributed by atoms with E-state index in [1.165, 1.54) is 18.2 Å². The molecule has 310 valence electrons. The number of aromatic hydroxyl groups is 2. The zero-order valence-electron chi connectivity index (χ0n) is 29.2. The fraction of sp³-hybridized carbons (Fsp3) is 0. The Balaban J connectivity index is 1.42. The van der Waals surface area contributed by atoms with Crippen LogP contribution in [0.5, 0.6) is 11.5 Å². The molecule has 0 spiro atoms. The molecule has 0 aliphatic heterocycles. The second-order valence-corrected chi connectivity index (χ2v) is 17.6. The average molecular weight is 903 g/mol. The molecule has 0 heterocycles. The van der Waals surface area contributed by atoms with Gasteiger partial charge in [0.05, 0.1) is 32.3 Å². The van der Waals surface area contributed by atoms with Crippen LogP contribution < -0.4 is 5.73 Å². The van der Waals surface area contributed by atoms with Gasteiger partial charge in [-0.1, -0.05) is 6.07 Å². The third kappa shape index (κ3) is 8.74. The molecule has 0 amide bonds. The number of benzene rings is 6. The number of phenols is 2. The molecule has 0 aliphatic carbocycles. The maximum Gasteiger partial charge on any atom is 0.297 e. The Morgan fingerprint density at radius 3 is 1.65 bits per heavy atom. The fourth-order valence-electron chi connectivity index (χ4n) is 5.45. The molecule has 6 aromatic carbocycles. The third-order valence-corrected chi connectivity index (χ3v) is 11.7. The normalized spacial score (nSPS) is 13.0. The standard InChI is InChI=1S/C32H22N8O16S4/c33-28-27-15(1-9-23(32(27)42)37-36-22-10-5-19(40(43)44)14-24(22)58(48,49)50)12-25(59(51,52)53)29(28)38-35-18-4-8-21-16(11-18)13-26(60(54,55)56)30(31(21)41)39-34-17-2-6-20(7-3-17)57(45,46)47/h1-14,41-42H,33H2,(H,45,46,47)(H,48,49,50)(H,51,52,53)(H,54,55,56). The van der Waals surface area contributed by atoms with E-state index >= 15 is 0 Å². The predicted molar refractivity (Wildman–Crippen MR) is 207 cm³/mol. The summed E-state index contributed by atoms with van der Waals surface area (Å²) in [7, 11) is -19.9. The van der Waals surface area contributed by atoms with Gasteiger partial charge < -0.3 is 15.9 Å². The van der Waals surface area contributed by atoms with Gasteiger partial charge in [-0.3, -0.25) is 28.3 Å². The van der Waals surface area contributed by atoms with E-state index in [2.05, 4.69) is 30.7 Å². The summed E-state index contributed by atoms with van der Waals surface area (Å²) in [5.74, 6) is -1.59.